The minimum atomic E-state index is -0.890. The summed E-state index contributed by atoms with van der Waals surface area (Å²) in [7, 11) is 0. The third-order valence-electron chi connectivity index (χ3n) is 3.22. The topological polar surface area (TPSA) is 49.3 Å². The van der Waals surface area contributed by atoms with Crippen molar-refractivity contribution in [2.45, 2.75) is 31.3 Å². The standard InChI is InChI=1S/C10H10ClNO2S/c11-9-7(10(13)14)5-3-4-1-2-6(12-4)8(5)15-9/h4,6,12H,1-3H2,(H,13,14). The van der Waals surface area contributed by atoms with Crippen LogP contribution in [0.15, 0.2) is 0 Å². The molecule has 2 atom stereocenters. The molecule has 0 aliphatic carbocycles. The fraction of sp³-hybridized carbons (Fsp3) is 0.500. The Hall–Kier alpha value is -0.580. The van der Waals surface area contributed by atoms with Crippen LogP contribution < -0.4 is 5.32 Å². The molecule has 2 aliphatic rings. The minimum Gasteiger partial charge on any atom is -0.478 e. The predicted molar refractivity (Wildman–Crippen MR) is 58.9 cm³/mol. The van der Waals surface area contributed by atoms with Gasteiger partial charge in [-0.15, -0.1) is 11.3 Å². The quantitative estimate of drug-likeness (QED) is 0.797. The van der Waals surface area contributed by atoms with Gasteiger partial charge in [-0.1, -0.05) is 11.6 Å². The van der Waals surface area contributed by atoms with Gasteiger partial charge in [0.05, 0.1) is 5.56 Å². The molecule has 3 heterocycles. The highest BCUT2D eigenvalue weighted by Crippen LogP contribution is 2.44. The average Bonchev–Trinajstić information content (AvgIpc) is 2.69. The van der Waals surface area contributed by atoms with Crippen molar-refractivity contribution in [3.8, 4) is 0 Å². The molecule has 1 saturated heterocycles. The lowest BCUT2D eigenvalue weighted by molar-refractivity contribution is 0.0696. The van der Waals surface area contributed by atoms with Gasteiger partial charge in [-0.05, 0) is 24.8 Å². The molecule has 1 aromatic heterocycles. The Morgan fingerprint density at radius 2 is 2.33 bits per heavy atom. The molecule has 5 heteroatoms. The van der Waals surface area contributed by atoms with E-state index in [9.17, 15) is 4.79 Å². The maximum atomic E-state index is 11.1. The summed E-state index contributed by atoms with van der Waals surface area (Å²) in [6.45, 7) is 0. The summed E-state index contributed by atoms with van der Waals surface area (Å²) in [6, 6.07) is 0.792. The number of nitrogens with one attached hydrogen (secondary N) is 1. The molecule has 0 aromatic carbocycles. The first-order valence-electron chi connectivity index (χ1n) is 4.97. The molecular weight excluding hydrogens is 234 g/mol. The normalized spacial score (nSPS) is 27.8. The van der Waals surface area contributed by atoms with Gasteiger partial charge in [-0.25, -0.2) is 4.79 Å². The lowest BCUT2D eigenvalue weighted by Gasteiger charge is -2.21. The number of carbonyl (C=O) groups is 1. The molecule has 1 fully saturated rings. The van der Waals surface area contributed by atoms with Gasteiger partial charge < -0.3 is 10.4 Å². The van der Waals surface area contributed by atoms with Crippen LogP contribution in [0, 0.1) is 0 Å². The highest BCUT2D eigenvalue weighted by molar-refractivity contribution is 7.17. The highest BCUT2D eigenvalue weighted by Gasteiger charge is 2.37. The fourth-order valence-electron chi connectivity index (χ4n) is 2.58. The van der Waals surface area contributed by atoms with Crippen molar-refractivity contribution < 1.29 is 9.90 Å². The van der Waals surface area contributed by atoms with Crippen LogP contribution in [0.25, 0.3) is 0 Å². The largest absolute Gasteiger partial charge is 0.478 e. The first-order chi connectivity index (χ1) is 7.16. The van der Waals surface area contributed by atoms with Gasteiger partial charge in [-0.2, -0.15) is 0 Å². The van der Waals surface area contributed by atoms with Crippen molar-refractivity contribution in [1.29, 1.82) is 0 Å². The van der Waals surface area contributed by atoms with E-state index in [-0.39, 0.29) is 0 Å². The van der Waals surface area contributed by atoms with Gasteiger partial charge in [0.25, 0.3) is 0 Å². The molecule has 0 spiro atoms. The Bertz CT molecular complexity index is 443. The minimum absolute atomic E-state index is 0.342. The maximum Gasteiger partial charge on any atom is 0.338 e. The van der Waals surface area contributed by atoms with E-state index in [2.05, 4.69) is 5.32 Å². The number of rotatable bonds is 1. The Morgan fingerprint density at radius 3 is 3.07 bits per heavy atom. The van der Waals surface area contributed by atoms with Gasteiger partial charge in [0.1, 0.15) is 4.34 Å². The molecule has 0 radical (unpaired) electrons. The molecular formula is C10H10ClNO2S. The molecule has 15 heavy (non-hydrogen) atoms. The number of thiophene rings is 1. The molecule has 1 aromatic rings. The second kappa shape index (κ2) is 3.20. The Balaban J connectivity index is 2.17. The van der Waals surface area contributed by atoms with E-state index in [0.29, 0.717) is 22.0 Å². The average molecular weight is 244 g/mol. The molecule has 80 valence electrons. The van der Waals surface area contributed by atoms with Gasteiger partial charge in [0.2, 0.25) is 0 Å². The third-order valence-corrected chi connectivity index (χ3v) is 4.77. The zero-order valence-electron chi connectivity index (χ0n) is 7.92. The van der Waals surface area contributed by atoms with Crippen LogP contribution in [-0.4, -0.2) is 17.1 Å². The molecule has 0 amide bonds. The molecule has 3 rings (SSSR count). The smallest absolute Gasteiger partial charge is 0.338 e. The SMILES string of the molecule is O=C(O)c1c(Cl)sc2c1CC1CCC2N1. The Labute approximate surface area is 96.1 Å². The number of hydrogen-bond acceptors (Lipinski definition) is 3. The van der Waals surface area contributed by atoms with Gasteiger partial charge in [-0.3, -0.25) is 0 Å². The number of aromatic carboxylic acids is 1. The maximum absolute atomic E-state index is 11.1. The van der Waals surface area contributed by atoms with Crippen molar-refractivity contribution >= 4 is 28.9 Å². The number of carboxylic acid groups (broad SMARTS) is 1. The van der Waals surface area contributed by atoms with E-state index in [0.717, 1.165) is 29.7 Å². The summed E-state index contributed by atoms with van der Waals surface area (Å²) in [6.07, 6.45) is 3.06. The number of carboxylic acids is 1. The Kier molecular flexibility index (Phi) is 2.06. The van der Waals surface area contributed by atoms with E-state index >= 15 is 0 Å². The summed E-state index contributed by atoms with van der Waals surface area (Å²) in [4.78, 5) is 12.2. The molecule has 2 aliphatic heterocycles. The summed E-state index contributed by atoms with van der Waals surface area (Å²) in [5, 5.41) is 12.6. The van der Waals surface area contributed by atoms with Crippen LogP contribution in [-0.2, 0) is 6.42 Å². The van der Waals surface area contributed by atoms with Gasteiger partial charge in [0.15, 0.2) is 0 Å². The Morgan fingerprint density at radius 1 is 1.53 bits per heavy atom. The molecule has 2 N–H and O–H groups in total. The van der Waals surface area contributed by atoms with E-state index in [4.69, 9.17) is 16.7 Å². The van der Waals surface area contributed by atoms with Crippen molar-refractivity contribution in [3.63, 3.8) is 0 Å². The highest BCUT2D eigenvalue weighted by atomic mass is 35.5. The second-order valence-electron chi connectivity index (χ2n) is 4.10. The van der Waals surface area contributed by atoms with Crippen molar-refractivity contribution in [3.05, 3.63) is 20.3 Å². The monoisotopic (exact) mass is 243 g/mol. The molecule has 0 saturated carbocycles. The first-order valence-corrected chi connectivity index (χ1v) is 6.16. The predicted octanol–water partition coefficient (Wildman–Crippen LogP) is 2.45. The van der Waals surface area contributed by atoms with Gasteiger partial charge in [0, 0.05) is 17.0 Å². The summed E-state index contributed by atoms with van der Waals surface area (Å²) < 4.78 is 0.432. The van der Waals surface area contributed by atoms with Crippen molar-refractivity contribution in [2.75, 3.05) is 0 Å². The zero-order chi connectivity index (χ0) is 10.6. The number of hydrogen-bond donors (Lipinski definition) is 2. The molecule has 3 nitrogen and oxygen atoms in total. The van der Waals surface area contributed by atoms with E-state index < -0.39 is 5.97 Å². The van der Waals surface area contributed by atoms with Crippen molar-refractivity contribution in [1.82, 2.24) is 5.32 Å². The van der Waals surface area contributed by atoms with Crippen LogP contribution >= 0.6 is 22.9 Å². The van der Waals surface area contributed by atoms with Crippen molar-refractivity contribution in [2.24, 2.45) is 0 Å². The second-order valence-corrected chi connectivity index (χ2v) is 5.75. The zero-order valence-corrected chi connectivity index (χ0v) is 9.49. The lowest BCUT2D eigenvalue weighted by Crippen LogP contribution is -2.31. The third kappa shape index (κ3) is 1.32. The van der Waals surface area contributed by atoms with Crippen LogP contribution in [0.2, 0.25) is 4.34 Å². The number of fused-ring (bicyclic) bond motifs is 4. The molecule has 2 bridgehead atoms. The summed E-state index contributed by atoms with van der Waals surface area (Å²) in [5.41, 5.74) is 1.32. The number of halogens is 1. The van der Waals surface area contributed by atoms with E-state index in [1.54, 1.807) is 0 Å². The van der Waals surface area contributed by atoms with Gasteiger partial charge >= 0.3 is 5.97 Å². The first kappa shape index (κ1) is 9.63. The lowest BCUT2D eigenvalue weighted by atomic mass is 9.99. The fourth-order valence-corrected chi connectivity index (χ4v) is 4.17. The van der Waals surface area contributed by atoms with Crippen LogP contribution in [0.4, 0.5) is 0 Å². The van der Waals surface area contributed by atoms with Crippen LogP contribution in [0.3, 0.4) is 0 Å². The summed E-state index contributed by atoms with van der Waals surface area (Å²) >= 11 is 7.40. The van der Waals surface area contributed by atoms with Crippen LogP contribution in [0.1, 0.15) is 39.7 Å². The van der Waals surface area contributed by atoms with E-state index in [1.807, 2.05) is 0 Å². The van der Waals surface area contributed by atoms with E-state index in [1.165, 1.54) is 11.3 Å². The van der Waals surface area contributed by atoms with Crippen LogP contribution in [0.5, 0.6) is 0 Å². The summed E-state index contributed by atoms with van der Waals surface area (Å²) in [5.74, 6) is -0.890. The molecule has 2 unspecified atom stereocenters.